The third-order valence-corrected chi connectivity index (χ3v) is 4.55. The molecule has 1 aliphatic rings. The van der Waals surface area contributed by atoms with E-state index in [0.717, 1.165) is 24.8 Å². The highest BCUT2D eigenvalue weighted by atomic mass is 79.9. The fourth-order valence-electron chi connectivity index (χ4n) is 2.59. The monoisotopic (exact) mass is 302 g/mol. The molecule has 1 fully saturated rings. The average Bonchev–Trinajstić information content (AvgIpc) is 2.82. The molecule has 1 aromatic carbocycles. The van der Waals surface area contributed by atoms with Crippen LogP contribution in [0.1, 0.15) is 48.9 Å². The van der Waals surface area contributed by atoms with Crippen LogP contribution in [0.25, 0.3) is 0 Å². The predicted octanol–water partition coefficient (Wildman–Crippen LogP) is 5.37. The first-order valence-electron chi connectivity index (χ1n) is 6.26. The zero-order valence-electron chi connectivity index (χ0n) is 9.76. The van der Waals surface area contributed by atoms with E-state index in [4.69, 9.17) is 0 Å². The van der Waals surface area contributed by atoms with Gasteiger partial charge < -0.3 is 0 Å². The average molecular weight is 303 g/mol. The molecule has 0 radical (unpaired) electrons. The highest BCUT2D eigenvalue weighted by molar-refractivity contribution is 9.09. The van der Waals surface area contributed by atoms with Gasteiger partial charge in [-0.15, -0.1) is 0 Å². The topological polar surface area (TPSA) is 0 Å². The van der Waals surface area contributed by atoms with Crippen LogP contribution in [-0.4, -0.2) is 0 Å². The molecule has 0 bridgehead atoms. The van der Waals surface area contributed by atoms with Gasteiger partial charge in [0.2, 0.25) is 0 Å². The van der Waals surface area contributed by atoms with E-state index in [2.05, 4.69) is 15.9 Å². The Balaban J connectivity index is 1.93. The molecular weight excluding hydrogens is 286 g/mol. The van der Waals surface area contributed by atoms with Gasteiger partial charge in [0.25, 0.3) is 0 Å². The Morgan fingerprint density at radius 3 is 2.65 bits per heavy atom. The predicted molar refractivity (Wildman–Crippen MR) is 69.2 cm³/mol. The van der Waals surface area contributed by atoms with Gasteiger partial charge in [0.05, 0.1) is 0 Å². The molecule has 0 amide bonds. The fraction of sp³-hybridized carbons (Fsp3) is 0.571. The second-order valence-electron chi connectivity index (χ2n) is 4.86. The van der Waals surface area contributed by atoms with Crippen molar-refractivity contribution in [1.29, 1.82) is 0 Å². The maximum atomic E-state index is 13.5. The van der Waals surface area contributed by atoms with Gasteiger partial charge in [-0.25, -0.2) is 8.78 Å². The van der Waals surface area contributed by atoms with Gasteiger partial charge in [-0.2, -0.15) is 0 Å². The molecule has 1 atom stereocenters. The van der Waals surface area contributed by atoms with Gasteiger partial charge in [-0.3, -0.25) is 0 Å². The first-order valence-corrected chi connectivity index (χ1v) is 7.17. The van der Waals surface area contributed by atoms with E-state index in [1.807, 2.05) is 0 Å². The molecule has 1 aliphatic carbocycles. The summed E-state index contributed by atoms with van der Waals surface area (Å²) in [6.45, 7) is 0. The first-order chi connectivity index (χ1) is 8.16. The second-order valence-corrected chi connectivity index (χ2v) is 5.97. The Kier molecular flexibility index (Phi) is 4.55. The number of benzene rings is 1. The lowest BCUT2D eigenvalue weighted by molar-refractivity contribution is 0.477. The highest BCUT2D eigenvalue weighted by Crippen LogP contribution is 2.35. The van der Waals surface area contributed by atoms with Crippen molar-refractivity contribution >= 4 is 15.9 Å². The Labute approximate surface area is 110 Å². The standard InChI is InChI=1S/C14H17BrF2/c15-13(7-5-10-3-1-2-4-10)12-9-11(16)6-8-14(12)17/h6,8-10,13H,1-5,7H2. The first kappa shape index (κ1) is 13.0. The lowest BCUT2D eigenvalue weighted by Crippen LogP contribution is -2.00. The molecule has 94 valence electrons. The van der Waals surface area contributed by atoms with E-state index in [1.54, 1.807) is 0 Å². The van der Waals surface area contributed by atoms with E-state index in [9.17, 15) is 8.78 Å². The molecule has 0 aromatic heterocycles. The minimum absolute atomic E-state index is 0.0706. The van der Waals surface area contributed by atoms with Crippen LogP contribution in [0.2, 0.25) is 0 Å². The molecule has 0 nitrogen and oxygen atoms in total. The van der Waals surface area contributed by atoms with E-state index < -0.39 is 0 Å². The third-order valence-electron chi connectivity index (χ3n) is 3.60. The molecule has 2 rings (SSSR count). The third kappa shape index (κ3) is 3.51. The normalized spacial score (nSPS) is 18.5. The lowest BCUT2D eigenvalue weighted by Gasteiger charge is -2.14. The van der Waals surface area contributed by atoms with Crippen LogP contribution in [0.15, 0.2) is 18.2 Å². The molecule has 0 spiro atoms. The van der Waals surface area contributed by atoms with Crippen LogP contribution in [0, 0.1) is 17.6 Å². The molecule has 0 heterocycles. The molecule has 0 aliphatic heterocycles. The van der Waals surface area contributed by atoms with Gasteiger partial charge in [0, 0.05) is 10.4 Å². The minimum Gasteiger partial charge on any atom is -0.207 e. The van der Waals surface area contributed by atoms with Gasteiger partial charge in [0.15, 0.2) is 0 Å². The minimum atomic E-state index is -0.369. The number of rotatable bonds is 4. The van der Waals surface area contributed by atoms with Crippen molar-refractivity contribution in [2.45, 2.75) is 43.4 Å². The summed E-state index contributed by atoms with van der Waals surface area (Å²) in [5.74, 6) is 0.0954. The summed E-state index contributed by atoms with van der Waals surface area (Å²) in [6, 6.07) is 3.66. The van der Waals surface area contributed by atoms with Crippen molar-refractivity contribution in [2.24, 2.45) is 5.92 Å². The Bertz CT molecular complexity index is 372. The quantitative estimate of drug-likeness (QED) is 0.656. The van der Waals surface area contributed by atoms with Gasteiger partial charge in [0.1, 0.15) is 11.6 Å². The summed E-state index contributed by atoms with van der Waals surface area (Å²) < 4.78 is 26.6. The lowest BCUT2D eigenvalue weighted by atomic mass is 9.98. The SMILES string of the molecule is Fc1ccc(F)c(C(Br)CCC2CCCC2)c1. The summed E-state index contributed by atoms with van der Waals surface area (Å²) in [5.41, 5.74) is 0.447. The summed E-state index contributed by atoms with van der Waals surface area (Å²) in [4.78, 5) is -0.0706. The fourth-order valence-corrected chi connectivity index (χ4v) is 3.21. The highest BCUT2D eigenvalue weighted by Gasteiger charge is 2.19. The van der Waals surface area contributed by atoms with E-state index >= 15 is 0 Å². The van der Waals surface area contributed by atoms with Crippen LogP contribution in [0.5, 0.6) is 0 Å². The van der Waals surface area contributed by atoms with E-state index in [-0.39, 0.29) is 16.5 Å². The Morgan fingerprint density at radius 2 is 1.94 bits per heavy atom. The molecule has 3 heteroatoms. The smallest absolute Gasteiger partial charge is 0.127 e. The molecule has 0 N–H and O–H groups in total. The molecule has 0 saturated heterocycles. The van der Waals surface area contributed by atoms with Crippen molar-refractivity contribution in [3.63, 3.8) is 0 Å². The van der Waals surface area contributed by atoms with Gasteiger partial charge in [-0.1, -0.05) is 41.6 Å². The summed E-state index contributed by atoms with van der Waals surface area (Å²) in [5, 5.41) is 0. The molecule has 1 aromatic rings. The number of alkyl halides is 1. The summed E-state index contributed by atoms with van der Waals surface area (Å²) >= 11 is 3.47. The molecule has 1 unspecified atom stereocenters. The van der Waals surface area contributed by atoms with Crippen LogP contribution < -0.4 is 0 Å². The van der Waals surface area contributed by atoms with Crippen LogP contribution in [0.3, 0.4) is 0 Å². The maximum Gasteiger partial charge on any atom is 0.127 e. The zero-order chi connectivity index (χ0) is 12.3. The van der Waals surface area contributed by atoms with E-state index in [0.29, 0.717) is 5.56 Å². The zero-order valence-corrected chi connectivity index (χ0v) is 11.3. The summed E-state index contributed by atoms with van der Waals surface area (Å²) in [6.07, 6.45) is 7.23. The van der Waals surface area contributed by atoms with E-state index in [1.165, 1.54) is 37.8 Å². The van der Waals surface area contributed by atoms with Crippen molar-refractivity contribution in [3.8, 4) is 0 Å². The van der Waals surface area contributed by atoms with Crippen molar-refractivity contribution in [1.82, 2.24) is 0 Å². The molecule has 1 saturated carbocycles. The van der Waals surface area contributed by atoms with Crippen LogP contribution in [0.4, 0.5) is 8.78 Å². The van der Waals surface area contributed by atoms with Crippen LogP contribution in [-0.2, 0) is 0 Å². The number of halogens is 3. The van der Waals surface area contributed by atoms with Gasteiger partial charge in [-0.05, 0) is 37.0 Å². The Morgan fingerprint density at radius 1 is 1.24 bits per heavy atom. The number of hydrogen-bond acceptors (Lipinski definition) is 0. The van der Waals surface area contributed by atoms with Crippen molar-refractivity contribution < 1.29 is 8.78 Å². The number of hydrogen-bond donors (Lipinski definition) is 0. The molecule has 17 heavy (non-hydrogen) atoms. The second kappa shape index (κ2) is 5.94. The molecular formula is C14H17BrF2. The summed E-state index contributed by atoms with van der Waals surface area (Å²) in [7, 11) is 0. The maximum absolute atomic E-state index is 13.5. The van der Waals surface area contributed by atoms with Crippen LogP contribution >= 0.6 is 15.9 Å². The van der Waals surface area contributed by atoms with Crippen molar-refractivity contribution in [2.75, 3.05) is 0 Å². The van der Waals surface area contributed by atoms with Gasteiger partial charge >= 0.3 is 0 Å². The largest absolute Gasteiger partial charge is 0.207 e. The Hall–Kier alpha value is -0.440. The van der Waals surface area contributed by atoms with Crippen molar-refractivity contribution in [3.05, 3.63) is 35.4 Å².